The Morgan fingerprint density at radius 1 is 1.20 bits per heavy atom. The van der Waals surface area contributed by atoms with Gasteiger partial charge in [0.2, 0.25) is 0 Å². The molecular formula is C14H17N5O. The van der Waals surface area contributed by atoms with Gasteiger partial charge in [0.05, 0.1) is 11.9 Å². The third-order valence-electron chi connectivity index (χ3n) is 3.60. The van der Waals surface area contributed by atoms with Crippen molar-refractivity contribution in [3.05, 3.63) is 34.6 Å². The lowest BCUT2D eigenvalue weighted by Gasteiger charge is -2.05. The van der Waals surface area contributed by atoms with E-state index in [1.165, 1.54) is 0 Å². The normalized spacial score (nSPS) is 11.4. The Bertz CT molecular complexity index is 800. The molecule has 6 heteroatoms. The van der Waals surface area contributed by atoms with Crippen LogP contribution in [-0.2, 0) is 6.54 Å². The van der Waals surface area contributed by atoms with E-state index in [9.17, 15) is 0 Å². The van der Waals surface area contributed by atoms with Crippen molar-refractivity contribution in [2.24, 2.45) is 0 Å². The number of fused-ring (bicyclic) bond motifs is 1. The van der Waals surface area contributed by atoms with E-state index in [0.717, 1.165) is 33.7 Å². The predicted molar refractivity (Wildman–Crippen MR) is 76.5 cm³/mol. The van der Waals surface area contributed by atoms with Gasteiger partial charge in [-0.15, -0.1) is 0 Å². The Hall–Kier alpha value is -2.37. The van der Waals surface area contributed by atoms with Crippen molar-refractivity contribution in [1.82, 2.24) is 19.7 Å². The lowest BCUT2D eigenvalue weighted by atomic mass is 10.2. The average Bonchev–Trinajstić information content (AvgIpc) is 2.87. The molecule has 20 heavy (non-hydrogen) atoms. The Balaban J connectivity index is 2.22. The summed E-state index contributed by atoms with van der Waals surface area (Å²) in [6.45, 7) is 8.43. The first-order valence-electron chi connectivity index (χ1n) is 6.49. The molecule has 0 aliphatic carbocycles. The van der Waals surface area contributed by atoms with Gasteiger partial charge in [-0.2, -0.15) is 0 Å². The van der Waals surface area contributed by atoms with Crippen LogP contribution in [0.15, 0.2) is 10.6 Å². The molecule has 0 saturated heterocycles. The van der Waals surface area contributed by atoms with Crippen molar-refractivity contribution >= 4 is 16.9 Å². The second kappa shape index (κ2) is 4.33. The molecular weight excluding hydrogens is 254 g/mol. The highest BCUT2D eigenvalue weighted by Gasteiger charge is 2.17. The quantitative estimate of drug-likeness (QED) is 0.773. The van der Waals surface area contributed by atoms with Crippen molar-refractivity contribution in [2.75, 3.05) is 5.73 Å². The number of hydrogen-bond acceptors (Lipinski definition) is 5. The van der Waals surface area contributed by atoms with Crippen molar-refractivity contribution < 1.29 is 4.52 Å². The number of nitrogen functional groups attached to an aromatic ring is 1. The molecule has 0 unspecified atom stereocenters. The Kier molecular flexibility index (Phi) is 2.74. The van der Waals surface area contributed by atoms with Crippen LogP contribution >= 0.6 is 0 Å². The van der Waals surface area contributed by atoms with Gasteiger partial charge in [-0.1, -0.05) is 5.16 Å². The van der Waals surface area contributed by atoms with Crippen LogP contribution < -0.4 is 5.73 Å². The number of anilines is 1. The number of nitrogens with zero attached hydrogens (tertiary/aromatic N) is 4. The molecule has 0 amide bonds. The molecule has 104 valence electrons. The fourth-order valence-corrected chi connectivity index (χ4v) is 2.52. The standard InChI is InChI=1S/C14H17N5O/c1-7-5-11(18-20-7)6-19-9(3)8(2)12-13(15)16-10(4)17-14(12)19/h5H,6H2,1-4H3,(H2,15,16,17). The fourth-order valence-electron chi connectivity index (χ4n) is 2.52. The molecule has 0 radical (unpaired) electrons. The van der Waals surface area contributed by atoms with Crippen LogP contribution in [0.1, 0.15) is 28.5 Å². The molecule has 0 aliphatic heterocycles. The summed E-state index contributed by atoms with van der Waals surface area (Å²) in [7, 11) is 0. The zero-order valence-corrected chi connectivity index (χ0v) is 12.1. The van der Waals surface area contributed by atoms with E-state index in [-0.39, 0.29) is 0 Å². The molecule has 0 spiro atoms. The summed E-state index contributed by atoms with van der Waals surface area (Å²) in [5, 5.41) is 4.97. The van der Waals surface area contributed by atoms with Crippen LogP contribution in [-0.4, -0.2) is 19.7 Å². The smallest absolute Gasteiger partial charge is 0.146 e. The van der Waals surface area contributed by atoms with Gasteiger partial charge in [-0.3, -0.25) is 0 Å². The van der Waals surface area contributed by atoms with E-state index in [4.69, 9.17) is 10.3 Å². The van der Waals surface area contributed by atoms with Gasteiger partial charge in [0, 0.05) is 11.8 Å². The molecule has 3 rings (SSSR count). The minimum Gasteiger partial charge on any atom is -0.383 e. The zero-order valence-electron chi connectivity index (χ0n) is 12.1. The molecule has 6 nitrogen and oxygen atoms in total. The summed E-state index contributed by atoms with van der Waals surface area (Å²) in [6.07, 6.45) is 0. The monoisotopic (exact) mass is 271 g/mol. The van der Waals surface area contributed by atoms with Crippen LogP contribution in [0.2, 0.25) is 0 Å². The van der Waals surface area contributed by atoms with Crippen LogP contribution in [0.3, 0.4) is 0 Å². The van der Waals surface area contributed by atoms with Gasteiger partial charge < -0.3 is 14.8 Å². The number of rotatable bonds is 2. The van der Waals surface area contributed by atoms with Gasteiger partial charge >= 0.3 is 0 Å². The highest BCUT2D eigenvalue weighted by molar-refractivity contribution is 5.91. The van der Waals surface area contributed by atoms with Gasteiger partial charge in [0.15, 0.2) is 0 Å². The largest absolute Gasteiger partial charge is 0.383 e. The van der Waals surface area contributed by atoms with Gasteiger partial charge in [-0.25, -0.2) is 9.97 Å². The van der Waals surface area contributed by atoms with Crippen molar-refractivity contribution in [1.29, 1.82) is 0 Å². The second-order valence-corrected chi connectivity index (χ2v) is 5.08. The van der Waals surface area contributed by atoms with E-state index in [1.807, 2.05) is 26.8 Å². The van der Waals surface area contributed by atoms with E-state index >= 15 is 0 Å². The third-order valence-corrected chi connectivity index (χ3v) is 3.60. The minimum absolute atomic E-state index is 0.531. The van der Waals surface area contributed by atoms with Crippen LogP contribution in [0, 0.1) is 27.7 Å². The molecule has 0 fully saturated rings. The number of nitrogens with two attached hydrogens (primary N) is 1. The minimum atomic E-state index is 0.531. The van der Waals surface area contributed by atoms with Crippen LogP contribution in [0.4, 0.5) is 5.82 Å². The molecule has 3 aromatic rings. The number of aromatic nitrogens is 4. The number of hydrogen-bond donors (Lipinski definition) is 1. The molecule has 2 N–H and O–H groups in total. The van der Waals surface area contributed by atoms with E-state index < -0.39 is 0 Å². The highest BCUT2D eigenvalue weighted by atomic mass is 16.5. The van der Waals surface area contributed by atoms with E-state index in [1.54, 1.807) is 0 Å². The number of aryl methyl sites for hydroxylation is 3. The maximum Gasteiger partial charge on any atom is 0.146 e. The van der Waals surface area contributed by atoms with Gasteiger partial charge in [0.1, 0.15) is 28.7 Å². The van der Waals surface area contributed by atoms with Gasteiger partial charge in [-0.05, 0) is 33.3 Å². The Morgan fingerprint density at radius 2 is 1.95 bits per heavy atom. The Morgan fingerprint density at radius 3 is 2.60 bits per heavy atom. The maximum atomic E-state index is 6.04. The third kappa shape index (κ3) is 1.84. The molecule has 0 aromatic carbocycles. The van der Waals surface area contributed by atoms with Crippen molar-refractivity contribution in [3.63, 3.8) is 0 Å². The molecule has 3 aromatic heterocycles. The Labute approximate surface area is 116 Å². The zero-order chi connectivity index (χ0) is 14.4. The fraction of sp³-hybridized carbons (Fsp3) is 0.357. The summed E-state index contributed by atoms with van der Waals surface area (Å²) in [4.78, 5) is 8.78. The molecule has 0 saturated carbocycles. The van der Waals surface area contributed by atoms with Crippen molar-refractivity contribution in [3.8, 4) is 0 Å². The topological polar surface area (TPSA) is 82.8 Å². The van der Waals surface area contributed by atoms with Crippen molar-refractivity contribution in [2.45, 2.75) is 34.2 Å². The summed E-state index contributed by atoms with van der Waals surface area (Å²) < 4.78 is 7.23. The average molecular weight is 271 g/mol. The lowest BCUT2D eigenvalue weighted by molar-refractivity contribution is 0.389. The first kappa shape index (κ1) is 12.7. The summed E-state index contributed by atoms with van der Waals surface area (Å²) >= 11 is 0. The summed E-state index contributed by atoms with van der Waals surface area (Å²) in [5.41, 5.74) is 9.99. The molecule has 0 atom stereocenters. The first-order valence-corrected chi connectivity index (χ1v) is 6.49. The van der Waals surface area contributed by atoms with Crippen LogP contribution in [0.25, 0.3) is 11.0 Å². The summed E-state index contributed by atoms with van der Waals surface area (Å²) in [5.74, 6) is 2.00. The lowest BCUT2D eigenvalue weighted by Crippen LogP contribution is -2.05. The first-order chi connectivity index (χ1) is 9.47. The molecule has 0 bridgehead atoms. The maximum absolute atomic E-state index is 6.04. The summed E-state index contributed by atoms with van der Waals surface area (Å²) in [6, 6.07) is 1.93. The molecule has 3 heterocycles. The SMILES string of the molecule is Cc1nc(N)c2c(C)c(C)n(Cc3cc(C)on3)c2n1. The van der Waals surface area contributed by atoms with Gasteiger partial charge in [0.25, 0.3) is 0 Å². The predicted octanol–water partition coefficient (Wildman–Crippen LogP) is 2.28. The van der Waals surface area contributed by atoms with E-state index in [0.29, 0.717) is 18.2 Å². The molecule has 0 aliphatic rings. The second-order valence-electron chi connectivity index (χ2n) is 5.08. The highest BCUT2D eigenvalue weighted by Crippen LogP contribution is 2.28. The van der Waals surface area contributed by atoms with Crippen LogP contribution in [0.5, 0.6) is 0 Å². The van der Waals surface area contributed by atoms with E-state index in [2.05, 4.69) is 26.6 Å².